The third-order valence-corrected chi connectivity index (χ3v) is 2.31. The molecule has 0 spiro atoms. The van der Waals surface area contributed by atoms with E-state index in [1.54, 1.807) is 6.92 Å². The van der Waals surface area contributed by atoms with Crippen LogP contribution in [0.5, 0.6) is 0 Å². The van der Waals surface area contributed by atoms with Crippen molar-refractivity contribution in [3.8, 4) is 0 Å². The van der Waals surface area contributed by atoms with Crippen molar-refractivity contribution in [3.05, 3.63) is 0 Å². The van der Waals surface area contributed by atoms with Gasteiger partial charge in [0.1, 0.15) is 5.78 Å². The minimum atomic E-state index is -0.0263. The monoisotopic (exact) mass is 202 g/mol. The lowest BCUT2D eigenvalue weighted by atomic mass is 9.98. The second kappa shape index (κ2) is 9.16. The van der Waals surface area contributed by atoms with E-state index in [0.29, 0.717) is 13.0 Å². The molecule has 0 amide bonds. The van der Waals surface area contributed by atoms with Gasteiger partial charge in [0, 0.05) is 25.7 Å². The van der Waals surface area contributed by atoms with Gasteiger partial charge in [-0.15, -0.1) is 0 Å². The molecule has 84 valence electrons. The summed E-state index contributed by atoms with van der Waals surface area (Å²) in [4.78, 5) is 11.1. The van der Waals surface area contributed by atoms with Gasteiger partial charge in [-0.3, -0.25) is 4.79 Å². The Morgan fingerprint density at radius 3 is 2.57 bits per heavy atom. The predicted molar refractivity (Wildman–Crippen MR) is 56.2 cm³/mol. The molecule has 0 rings (SSSR count). The molecule has 0 heterocycles. The molecule has 1 unspecified atom stereocenters. The summed E-state index contributed by atoms with van der Waals surface area (Å²) in [6.45, 7) is 5.18. The first kappa shape index (κ1) is 13.6. The molecule has 0 fully saturated rings. The van der Waals surface area contributed by atoms with Gasteiger partial charge in [-0.1, -0.05) is 13.3 Å². The SMILES string of the molecule is CCCCOCCC(CCO)C(C)=O. The van der Waals surface area contributed by atoms with Crippen molar-refractivity contribution in [3.63, 3.8) is 0 Å². The lowest BCUT2D eigenvalue weighted by Gasteiger charge is -2.11. The molecule has 1 atom stereocenters. The molecule has 0 radical (unpaired) electrons. The van der Waals surface area contributed by atoms with Crippen molar-refractivity contribution < 1.29 is 14.6 Å². The topological polar surface area (TPSA) is 46.5 Å². The molecular formula is C11H22O3. The lowest BCUT2D eigenvalue weighted by Crippen LogP contribution is -2.15. The highest BCUT2D eigenvalue weighted by molar-refractivity contribution is 5.78. The molecule has 1 N–H and O–H groups in total. The Balaban J connectivity index is 3.46. The van der Waals surface area contributed by atoms with Gasteiger partial charge in [0.15, 0.2) is 0 Å². The number of carbonyl (C=O) groups excluding carboxylic acids is 1. The number of ether oxygens (including phenoxy) is 1. The van der Waals surface area contributed by atoms with Gasteiger partial charge in [0.05, 0.1) is 0 Å². The van der Waals surface area contributed by atoms with E-state index in [9.17, 15) is 4.79 Å². The van der Waals surface area contributed by atoms with Gasteiger partial charge in [-0.05, 0) is 26.2 Å². The highest BCUT2D eigenvalue weighted by Crippen LogP contribution is 2.09. The van der Waals surface area contributed by atoms with E-state index in [2.05, 4.69) is 6.92 Å². The Bertz CT molecular complexity index is 145. The third-order valence-electron chi connectivity index (χ3n) is 2.31. The number of aliphatic hydroxyl groups is 1. The fraction of sp³-hybridized carbons (Fsp3) is 0.909. The van der Waals surface area contributed by atoms with E-state index in [-0.39, 0.29) is 18.3 Å². The van der Waals surface area contributed by atoms with Crippen LogP contribution in [-0.2, 0) is 9.53 Å². The van der Waals surface area contributed by atoms with Gasteiger partial charge in [0.2, 0.25) is 0 Å². The van der Waals surface area contributed by atoms with Gasteiger partial charge in [0.25, 0.3) is 0 Å². The lowest BCUT2D eigenvalue weighted by molar-refractivity contribution is -0.121. The van der Waals surface area contributed by atoms with E-state index < -0.39 is 0 Å². The van der Waals surface area contributed by atoms with Gasteiger partial charge >= 0.3 is 0 Å². The average molecular weight is 202 g/mol. The van der Waals surface area contributed by atoms with Crippen LogP contribution in [0.25, 0.3) is 0 Å². The van der Waals surface area contributed by atoms with Gasteiger partial charge in [-0.2, -0.15) is 0 Å². The molecule has 3 nitrogen and oxygen atoms in total. The number of aliphatic hydroxyl groups excluding tert-OH is 1. The molecule has 0 bridgehead atoms. The van der Waals surface area contributed by atoms with E-state index in [1.165, 1.54) is 0 Å². The van der Waals surface area contributed by atoms with Crippen LogP contribution in [0, 0.1) is 5.92 Å². The van der Waals surface area contributed by atoms with E-state index in [1.807, 2.05) is 0 Å². The predicted octanol–water partition coefficient (Wildman–Crippen LogP) is 1.78. The van der Waals surface area contributed by atoms with Crippen LogP contribution in [0.3, 0.4) is 0 Å². The average Bonchev–Trinajstić information content (AvgIpc) is 2.15. The Morgan fingerprint density at radius 1 is 1.36 bits per heavy atom. The van der Waals surface area contributed by atoms with E-state index in [0.717, 1.165) is 25.9 Å². The quantitative estimate of drug-likeness (QED) is 0.580. The number of hydrogen-bond donors (Lipinski definition) is 1. The molecule has 0 aliphatic rings. The standard InChI is InChI=1S/C11H22O3/c1-3-4-8-14-9-6-11(5-7-12)10(2)13/h11-12H,3-9H2,1-2H3. The maximum atomic E-state index is 11.1. The molecule has 0 aromatic carbocycles. The number of hydrogen-bond acceptors (Lipinski definition) is 3. The molecule has 3 heteroatoms. The summed E-state index contributed by atoms with van der Waals surface area (Å²) >= 11 is 0. The minimum absolute atomic E-state index is 0.0263. The Kier molecular flexibility index (Phi) is 8.89. The van der Waals surface area contributed by atoms with Crippen LogP contribution in [0.2, 0.25) is 0 Å². The summed E-state index contributed by atoms with van der Waals surface area (Å²) in [5, 5.41) is 8.73. The van der Waals surface area contributed by atoms with Crippen LogP contribution in [0.1, 0.15) is 39.5 Å². The summed E-state index contributed by atoms with van der Waals surface area (Å²) in [6.07, 6.45) is 3.50. The third kappa shape index (κ3) is 7.04. The number of carbonyl (C=O) groups is 1. The summed E-state index contributed by atoms with van der Waals surface area (Å²) in [7, 11) is 0. The molecule has 0 aliphatic carbocycles. The minimum Gasteiger partial charge on any atom is -0.396 e. The molecule has 0 aromatic heterocycles. The van der Waals surface area contributed by atoms with Crippen LogP contribution in [-0.4, -0.2) is 30.7 Å². The highest BCUT2D eigenvalue weighted by atomic mass is 16.5. The van der Waals surface area contributed by atoms with E-state index >= 15 is 0 Å². The Labute approximate surface area is 86.5 Å². The number of ketones is 1. The van der Waals surface area contributed by atoms with Crippen molar-refractivity contribution >= 4 is 5.78 Å². The first-order valence-corrected chi connectivity index (χ1v) is 5.41. The van der Waals surface area contributed by atoms with Crippen LogP contribution < -0.4 is 0 Å². The second-order valence-corrected chi connectivity index (χ2v) is 3.57. The Hall–Kier alpha value is -0.410. The molecular weight excluding hydrogens is 180 g/mol. The number of rotatable bonds is 9. The van der Waals surface area contributed by atoms with Crippen LogP contribution >= 0.6 is 0 Å². The van der Waals surface area contributed by atoms with Crippen molar-refractivity contribution in [1.82, 2.24) is 0 Å². The fourth-order valence-corrected chi connectivity index (χ4v) is 1.28. The molecule has 0 aliphatic heterocycles. The van der Waals surface area contributed by atoms with Crippen molar-refractivity contribution in [1.29, 1.82) is 0 Å². The number of unbranched alkanes of at least 4 members (excludes halogenated alkanes) is 1. The smallest absolute Gasteiger partial charge is 0.133 e. The van der Waals surface area contributed by atoms with Crippen molar-refractivity contribution in [2.24, 2.45) is 5.92 Å². The summed E-state index contributed by atoms with van der Waals surface area (Å²) in [6, 6.07) is 0. The maximum Gasteiger partial charge on any atom is 0.133 e. The fourth-order valence-electron chi connectivity index (χ4n) is 1.28. The first-order chi connectivity index (χ1) is 6.72. The number of Topliss-reactive ketones (excluding diaryl/α,β-unsaturated/α-hetero) is 1. The molecule has 0 aromatic rings. The normalized spacial score (nSPS) is 12.8. The first-order valence-electron chi connectivity index (χ1n) is 5.41. The molecule has 14 heavy (non-hydrogen) atoms. The summed E-state index contributed by atoms with van der Waals surface area (Å²) in [5.74, 6) is 0.125. The van der Waals surface area contributed by atoms with Crippen molar-refractivity contribution in [2.45, 2.75) is 39.5 Å². The largest absolute Gasteiger partial charge is 0.396 e. The van der Waals surface area contributed by atoms with Gasteiger partial charge in [-0.25, -0.2) is 0 Å². The van der Waals surface area contributed by atoms with Crippen LogP contribution in [0.15, 0.2) is 0 Å². The molecule has 0 saturated heterocycles. The zero-order chi connectivity index (χ0) is 10.8. The second-order valence-electron chi connectivity index (χ2n) is 3.57. The van der Waals surface area contributed by atoms with Gasteiger partial charge < -0.3 is 9.84 Å². The van der Waals surface area contributed by atoms with Crippen molar-refractivity contribution in [2.75, 3.05) is 19.8 Å². The Morgan fingerprint density at radius 2 is 2.07 bits per heavy atom. The zero-order valence-corrected chi connectivity index (χ0v) is 9.29. The summed E-state index contributed by atoms with van der Waals surface area (Å²) in [5.41, 5.74) is 0. The van der Waals surface area contributed by atoms with Crippen LogP contribution in [0.4, 0.5) is 0 Å². The molecule has 0 saturated carbocycles. The summed E-state index contributed by atoms with van der Waals surface area (Å²) < 4.78 is 5.37. The highest BCUT2D eigenvalue weighted by Gasteiger charge is 2.12. The maximum absolute atomic E-state index is 11.1. The zero-order valence-electron chi connectivity index (χ0n) is 9.29. The van der Waals surface area contributed by atoms with E-state index in [4.69, 9.17) is 9.84 Å².